The standard InChI is InChI=1S/C12H15N5O2/c1-7(18)19-9-3-2-8(4-9)17-6-16-10-11(13)14-5-15-12(10)17/h5-6,8-9H,2-4H2,1H3,(H2,13,14,15)/t8-,9-/m0/s1. The molecule has 0 radical (unpaired) electrons. The molecule has 7 heteroatoms. The number of anilines is 1. The van der Waals surface area contributed by atoms with Crippen molar-refractivity contribution < 1.29 is 9.53 Å². The SMILES string of the molecule is CC(=O)O[C@H]1CC[C@H](n2cnc3c(N)ncnc32)C1. The number of nitrogens with zero attached hydrogens (tertiary/aromatic N) is 4. The first-order chi connectivity index (χ1) is 9.15. The molecular weight excluding hydrogens is 246 g/mol. The van der Waals surface area contributed by atoms with Crippen molar-refractivity contribution in [1.29, 1.82) is 0 Å². The number of imidazole rings is 1. The average molecular weight is 261 g/mol. The Morgan fingerprint density at radius 2 is 2.26 bits per heavy atom. The summed E-state index contributed by atoms with van der Waals surface area (Å²) in [5.41, 5.74) is 7.13. The molecule has 2 N–H and O–H groups in total. The van der Waals surface area contributed by atoms with Gasteiger partial charge in [0.1, 0.15) is 17.9 Å². The third kappa shape index (κ3) is 2.11. The van der Waals surface area contributed by atoms with E-state index in [2.05, 4.69) is 15.0 Å². The molecule has 0 spiro atoms. The van der Waals surface area contributed by atoms with Crippen LogP contribution in [0.2, 0.25) is 0 Å². The molecule has 1 aliphatic rings. The fraction of sp³-hybridized carbons (Fsp3) is 0.500. The molecule has 0 bridgehead atoms. The van der Waals surface area contributed by atoms with Crippen LogP contribution in [0.5, 0.6) is 0 Å². The number of hydrogen-bond acceptors (Lipinski definition) is 6. The van der Waals surface area contributed by atoms with E-state index in [-0.39, 0.29) is 18.1 Å². The molecule has 7 nitrogen and oxygen atoms in total. The van der Waals surface area contributed by atoms with Gasteiger partial charge in [-0.3, -0.25) is 4.79 Å². The Bertz CT molecular complexity index is 624. The van der Waals surface area contributed by atoms with Gasteiger partial charge in [-0.25, -0.2) is 15.0 Å². The normalized spacial score (nSPS) is 22.8. The second kappa shape index (κ2) is 4.49. The van der Waals surface area contributed by atoms with E-state index in [1.807, 2.05) is 4.57 Å². The van der Waals surface area contributed by atoms with Gasteiger partial charge >= 0.3 is 5.97 Å². The van der Waals surface area contributed by atoms with Gasteiger partial charge in [0.25, 0.3) is 0 Å². The summed E-state index contributed by atoms with van der Waals surface area (Å²) in [7, 11) is 0. The highest BCUT2D eigenvalue weighted by Gasteiger charge is 2.29. The highest BCUT2D eigenvalue weighted by Crippen LogP contribution is 2.33. The molecule has 2 aromatic heterocycles. The van der Waals surface area contributed by atoms with Crippen molar-refractivity contribution in [3.63, 3.8) is 0 Å². The highest BCUT2D eigenvalue weighted by atomic mass is 16.5. The summed E-state index contributed by atoms with van der Waals surface area (Å²) in [4.78, 5) is 23.4. The zero-order chi connectivity index (χ0) is 13.4. The number of ether oxygens (including phenoxy) is 1. The number of carbonyl (C=O) groups is 1. The maximum absolute atomic E-state index is 11.0. The second-order valence-electron chi connectivity index (χ2n) is 4.78. The maximum atomic E-state index is 11.0. The van der Waals surface area contributed by atoms with Crippen molar-refractivity contribution in [2.45, 2.75) is 38.3 Å². The number of carbonyl (C=O) groups excluding carboxylic acids is 1. The number of nitrogen functional groups attached to an aromatic ring is 1. The van der Waals surface area contributed by atoms with Crippen molar-refractivity contribution >= 4 is 23.0 Å². The highest BCUT2D eigenvalue weighted by molar-refractivity contribution is 5.81. The summed E-state index contributed by atoms with van der Waals surface area (Å²) in [5.74, 6) is 0.158. The molecule has 0 saturated heterocycles. The fourth-order valence-electron chi connectivity index (χ4n) is 2.65. The molecule has 0 amide bonds. The topological polar surface area (TPSA) is 95.9 Å². The van der Waals surface area contributed by atoms with Gasteiger partial charge in [-0.1, -0.05) is 0 Å². The lowest BCUT2D eigenvalue weighted by atomic mass is 10.2. The van der Waals surface area contributed by atoms with Crippen molar-refractivity contribution in [3.8, 4) is 0 Å². The molecule has 19 heavy (non-hydrogen) atoms. The smallest absolute Gasteiger partial charge is 0.302 e. The summed E-state index contributed by atoms with van der Waals surface area (Å²) in [5, 5.41) is 0. The molecule has 100 valence electrons. The number of rotatable bonds is 2. The average Bonchev–Trinajstić information content (AvgIpc) is 2.95. The van der Waals surface area contributed by atoms with Crippen LogP contribution in [0, 0.1) is 0 Å². The van der Waals surface area contributed by atoms with Crippen LogP contribution in [-0.2, 0) is 9.53 Å². The van der Waals surface area contributed by atoms with E-state index >= 15 is 0 Å². The monoisotopic (exact) mass is 261 g/mol. The lowest BCUT2D eigenvalue weighted by molar-refractivity contribution is -0.146. The first-order valence-corrected chi connectivity index (χ1v) is 6.25. The van der Waals surface area contributed by atoms with E-state index < -0.39 is 0 Å². The van der Waals surface area contributed by atoms with Crippen LogP contribution in [0.3, 0.4) is 0 Å². The van der Waals surface area contributed by atoms with Gasteiger partial charge in [0.15, 0.2) is 11.5 Å². The largest absolute Gasteiger partial charge is 0.462 e. The maximum Gasteiger partial charge on any atom is 0.302 e. The first-order valence-electron chi connectivity index (χ1n) is 6.25. The van der Waals surface area contributed by atoms with Crippen molar-refractivity contribution in [3.05, 3.63) is 12.7 Å². The third-order valence-electron chi connectivity index (χ3n) is 3.47. The number of nitrogens with two attached hydrogens (primary N) is 1. The molecular formula is C12H15N5O2. The van der Waals surface area contributed by atoms with Gasteiger partial charge < -0.3 is 15.0 Å². The van der Waals surface area contributed by atoms with E-state index in [4.69, 9.17) is 10.5 Å². The fourth-order valence-corrected chi connectivity index (χ4v) is 2.65. The summed E-state index contributed by atoms with van der Waals surface area (Å²) in [6.07, 6.45) is 5.75. The van der Waals surface area contributed by atoms with Gasteiger partial charge in [-0.2, -0.15) is 0 Å². The Morgan fingerprint density at radius 1 is 1.42 bits per heavy atom. The zero-order valence-electron chi connectivity index (χ0n) is 10.6. The summed E-state index contributed by atoms with van der Waals surface area (Å²) >= 11 is 0. The summed E-state index contributed by atoms with van der Waals surface area (Å²) in [6.45, 7) is 1.44. The molecule has 0 unspecified atom stereocenters. The minimum absolute atomic E-state index is 0.0147. The van der Waals surface area contributed by atoms with Crippen LogP contribution in [-0.4, -0.2) is 31.6 Å². The third-order valence-corrected chi connectivity index (χ3v) is 3.47. The van der Waals surface area contributed by atoms with E-state index in [1.165, 1.54) is 13.3 Å². The quantitative estimate of drug-likeness (QED) is 0.812. The van der Waals surface area contributed by atoms with Crippen LogP contribution in [0.4, 0.5) is 5.82 Å². The van der Waals surface area contributed by atoms with Crippen molar-refractivity contribution in [2.24, 2.45) is 0 Å². The molecule has 0 aliphatic heterocycles. The molecule has 1 aliphatic carbocycles. The van der Waals surface area contributed by atoms with Crippen molar-refractivity contribution in [2.75, 3.05) is 5.73 Å². The van der Waals surface area contributed by atoms with Crippen LogP contribution >= 0.6 is 0 Å². The van der Waals surface area contributed by atoms with Crippen LogP contribution in [0.15, 0.2) is 12.7 Å². The number of aromatic nitrogens is 4. The van der Waals surface area contributed by atoms with Crippen LogP contribution in [0.1, 0.15) is 32.2 Å². The number of hydrogen-bond donors (Lipinski definition) is 1. The number of esters is 1. The minimum Gasteiger partial charge on any atom is -0.462 e. The lowest BCUT2D eigenvalue weighted by Gasteiger charge is -2.13. The van der Waals surface area contributed by atoms with E-state index in [1.54, 1.807) is 6.33 Å². The van der Waals surface area contributed by atoms with E-state index in [0.29, 0.717) is 11.3 Å². The van der Waals surface area contributed by atoms with Gasteiger partial charge in [-0.15, -0.1) is 0 Å². The lowest BCUT2D eigenvalue weighted by Crippen LogP contribution is -2.13. The Morgan fingerprint density at radius 3 is 3.05 bits per heavy atom. The molecule has 2 atom stereocenters. The van der Waals surface area contributed by atoms with Gasteiger partial charge in [0, 0.05) is 19.4 Å². The van der Waals surface area contributed by atoms with E-state index in [9.17, 15) is 4.79 Å². The summed E-state index contributed by atoms with van der Waals surface area (Å²) < 4.78 is 7.24. The Kier molecular flexibility index (Phi) is 2.81. The first kappa shape index (κ1) is 11.9. The molecule has 3 rings (SSSR count). The van der Waals surface area contributed by atoms with Crippen LogP contribution < -0.4 is 5.73 Å². The predicted molar refractivity (Wildman–Crippen MR) is 68.2 cm³/mol. The Hall–Kier alpha value is -2.18. The Balaban J connectivity index is 1.86. The van der Waals surface area contributed by atoms with Gasteiger partial charge in [0.2, 0.25) is 0 Å². The minimum atomic E-state index is -0.229. The summed E-state index contributed by atoms with van der Waals surface area (Å²) in [6, 6.07) is 0.239. The molecule has 1 fully saturated rings. The van der Waals surface area contributed by atoms with Gasteiger partial charge in [-0.05, 0) is 12.8 Å². The molecule has 2 aromatic rings. The van der Waals surface area contributed by atoms with Crippen molar-refractivity contribution in [1.82, 2.24) is 19.5 Å². The number of fused-ring (bicyclic) bond motifs is 1. The van der Waals surface area contributed by atoms with E-state index in [0.717, 1.165) is 24.9 Å². The zero-order valence-corrected chi connectivity index (χ0v) is 10.6. The molecule has 0 aromatic carbocycles. The van der Waals surface area contributed by atoms with Gasteiger partial charge in [0.05, 0.1) is 6.33 Å². The predicted octanol–water partition coefficient (Wildman–Crippen LogP) is 1.07. The second-order valence-corrected chi connectivity index (χ2v) is 4.78. The van der Waals surface area contributed by atoms with Crippen LogP contribution in [0.25, 0.3) is 11.2 Å². The Labute approximate surface area is 109 Å². The molecule has 1 saturated carbocycles. The molecule has 2 heterocycles.